The van der Waals surface area contributed by atoms with E-state index >= 15 is 0 Å². The smallest absolute Gasteiger partial charge is 0.273 e. The zero-order valence-electron chi connectivity index (χ0n) is 14.8. The summed E-state index contributed by atoms with van der Waals surface area (Å²) in [6.45, 7) is 4.37. The quantitative estimate of drug-likeness (QED) is 0.583. The minimum atomic E-state index is -0.195. The van der Waals surface area contributed by atoms with Crippen LogP contribution in [-0.4, -0.2) is 20.2 Å². The lowest BCUT2D eigenvalue weighted by molar-refractivity contribution is 0.651. The predicted octanol–water partition coefficient (Wildman–Crippen LogP) is 4.18. The van der Waals surface area contributed by atoms with Crippen molar-refractivity contribution in [2.24, 2.45) is 5.92 Å². The molecular formula is C21H20N4O. The van der Waals surface area contributed by atoms with Gasteiger partial charge in [-0.05, 0) is 42.2 Å². The highest BCUT2D eigenvalue weighted by molar-refractivity contribution is 5.91. The molecule has 2 N–H and O–H groups in total. The number of benzene rings is 1. The number of para-hydroxylation sites is 1. The van der Waals surface area contributed by atoms with Gasteiger partial charge < -0.3 is 4.98 Å². The summed E-state index contributed by atoms with van der Waals surface area (Å²) in [6, 6.07) is 13.8. The summed E-state index contributed by atoms with van der Waals surface area (Å²) in [5, 5.41) is 8.01. The monoisotopic (exact) mass is 344 g/mol. The Morgan fingerprint density at radius 3 is 2.62 bits per heavy atom. The number of rotatable bonds is 4. The molecule has 5 heteroatoms. The second kappa shape index (κ2) is 6.59. The third-order valence-corrected chi connectivity index (χ3v) is 4.48. The van der Waals surface area contributed by atoms with Crippen LogP contribution in [0.3, 0.4) is 0 Å². The molecule has 4 aromatic rings. The topological polar surface area (TPSA) is 74.4 Å². The van der Waals surface area contributed by atoms with Crippen LogP contribution in [-0.2, 0) is 6.42 Å². The van der Waals surface area contributed by atoms with E-state index in [-0.39, 0.29) is 5.56 Å². The molecule has 3 heterocycles. The van der Waals surface area contributed by atoms with E-state index in [0.29, 0.717) is 11.5 Å². The summed E-state index contributed by atoms with van der Waals surface area (Å²) in [5.74, 6) is 0.480. The first-order valence-corrected chi connectivity index (χ1v) is 8.73. The highest BCUT2D eigenvalue weighted by atomic mass is 16.1. The fourth-order valence-electron chi connectivity index (χ4n) is 3.31. The standard InChI is InChI=1S/C21H20N4O/c1-13(2)11-16-15-5-3-4-6-18(15)23-20(16)17-12-19(24-25-21(17)26)14-7-9-22-10-8-14/h3-10,12-13,23H,11H2,1-2H3,(H,25,26). The molecule has 0 fully saturated rings. The van der Waals surface area contributed by atoms with Crippen LogP contribution < -0.4 is 5.56 Å². The van der Waals surface area contributed by atoms with Gasteiger partial charge in [-0.3, -0.25) is 9.78 Å². The molecule has 0 spiro atoms. The summed E-state index contributed by atoms with van der Waals surface area (Å²) in [6.07, 6.45) is 4.33. The molecule has 0 radical (unpaired) electrons. The maximum Gasteiger partial charge on any atom is 0.273 e. The molecule has 0 aliphatic carbocycles. The first-order chi connectivity index (χ1) is 12.6. The normalized spacial score (nSPS) is 11.3. The zero-order chi connectivity index (χ0) is 18.1. The van der Waals surface area contributed by atoms with Crippen molar-refractivity contribution in [1.29, 1.82) is 0 Å². The van der Waals surface area contributed by atoms with Crippen molar-refractivity contribution in [1.82, 2.24) is 20.2 Å². The molecule has 26 heavy (non-hydrogen) atoms. The fraction of sp³-hybridized carbons (Fsp3) is 0.190. The molecule has 1 aromatic carbocycles. The number of H-pyrrole nitrogens is 2. The Balaban J connectivity index is 1.94. The average molecular weight is 344 g/mol. The Kier molecular flexibility index (Phi) is 4.13. The molecule has 0 saturated heterocycles. The SMILES string of the molecule is CC(C)Cc1c(-c2cc(-c3ccncc3)n[nH]c2=O)[nH]c2ccccc12. The molecule has 0 bridgehead atoms. The van der Waals surface area contributed by atoms with E-state index in [4.69, 9.17) is 0 Å². The van der Waals surface area contributed by atoms with Crippen molar-refractivity contribution in [3.63, 3.8) is 0 Å². The van der Waals surface area contributed by atoms with Gasteiger partial charge in [0.2, 0.25) is 0 Å². The molecule has 4 rings (SSSR count). The molecule has 130 valence electrons. The predicted molar refractivity (Wildman–Crippen MR) is 104 cm³/mol. The van der Waals surface area contributed by atoms with Crippen LogP contribution in [0.15, 0.2) is 59.7 Å². The maximum absolute atomic E-state index is 12.6. The minimum absolute atomic E-state index is 0.195. The summed E-state index contributed by atoms with van der Waals surface area (Å²) in [4.78, 5) is 20.1. The molecule has 0 aliphatic rings. The van der Waals surface area contributed by atoms with Crippen molar-refractivity contribution in [3.8, 4) is 22.5 Å². The number of aromatic amines is 2. The Morgan fingerprint density at radius 1 is 1.08 bits per heavy atom. The van der Waals surface area contributed by atoms with Gasteiger partial charge in [-0.1, -0.05) is 32.0 Å². The summed E-state index contributed by atoms with van der Waals surface area (Å²) in [5.41, 5.74) is 5.14. The molecule has 0 saturated carbocycles. The van der Waals surface area contributed by atoms with Crippen LogP contribution >= 0.6 is 0 Å². The largest absolute Gasteiger partial charge is 0.354 e. The number of hydrogen-bond donors (Lipinski definition) is 2. The first kappa shape index (κ1) is 16.3. The number of nitrogens with zero attached hydrogens (tertiary/aromatic N) is 2. The third kappa shape index (κ3) is 2.92. The highest BCUT2D eigenvalue weighted by Gasteiger charge is 2.17. The Hall–Kier alpha value is -3.21. The van der Waals surface area contributed by atoms with E-state index < -0.39 is 0 Å². The first-order valence-electron chi connectivity index (χ1n) is 8.73. The second-order valence-corrected chi connectivity index (χ2v) is 6.85. The summed E-state index contributed by atoms with van der Waals surface area (Å²) in [7, 11) is 0. The fourth-order valence-corrected chi connectivity index (χ4v) is 3.31. The molecule has 3 aromatic heterocycles. The Labute approximate surface area is 151 Å². The van der Waals surface area contributed by atoms with Gasteiger partial charge >= 0.3 is 0 Å². The lowest BCUT2D eigenvalue weighted by Gasteiger charge is -2.08. The minimum Gasteiger partial charge on any atom is -0.354 e. The maximum atomic E-state index is 12.6. The Bertz CT molecular complexity index is 1110. The number of hydrogen-bond acceptors (Lipinski definition) is 3. The van der Waals surface area contributed by atoms with Gasteiger partial charge in [-0.2, -0.15) is 5.10 Å². The lowest BCUT2D eigenvalue weighted by Crippen LogP contribution is -2.12. The van der Waals surface area contributed by atoms with E-state index in [1.165, 1.54) is 5.56 Å². The number of nitrogens with one attached hydrogen (secondary N) is 2. The van der Waals surface area contributed by atoms with Gasteiger partial charge in [0.15, 0.2) is 0 Å². The molecular weight excluding hydrogens is 324 g/mol. The Morgan fingerprint density at radius 2 is 1.85 bits per heavy atom. The van der Waals surface area contributed by atoms with Crippen LogP contribution in [0.1, 0.15) is 19.4 Å². The molecule has 0 atom stereocenters. The van der Waals surface area contributed by atoms with Crippen molar-refractivity contribution in [3.05, 3.63) is 70.8 Å². The van der Waals surface area contributed by atoms with Gasteiger partial charge in [0.05, 0.1) is 17.0 Å². The van der Waals surface area contributed by atoms with Crippen LogP contribution in [0.5, 0.6) is 0 Å². The average Bonchev–Trinajstić information content (AvgIpc) is 3.01. The van der Waals surface area contributed by atoms with Crippen molar-refractivity contribution < 1.29 is 0 Å². The van der Waals surface area contributed by atoms with Crippen LogP contribution in [0.4, 0.5) is 0 Å². The van der Waals surface area contributed by atoms with Gasteiger partial charge in [-0.15, -0.1) is 0 Å². The van der Waals surface area contributed by atoms with E-state index in [1.54, 1.807) is 12.4 Å². The van der Waals surface area contributed by atoms with Gasteiger partial charge in [0, 0.05) is 28.9 Å². The van der Waals surface area contributed by atoms with Gasteiger partial charge in [0.1, 0.15) is 0 Å². The van der Waals surface area contributed by atoms with E-state index in [9.17, 15) is 4.79 Å². The van der Waals surface area contributed by atoms with Crippen LogP contribution in [0, 0.1) is 5.92 Å². The number of fused-ring (bicyclic) bond motifs is 1. The highest BCUT2D eigenvalue weighted by Crippen LogP contribution is 2.31. The summed E-state index contributed by atoms with van der Waals surface area (Å²) < 4.78 is 0. The molecule has 0 aliphatic heterocycles. The van der Waals surface area contributed by atoms with Crippen molar-refractivity contribution >= 4 is 10.9 Å². The van der Waals surface area contributed by atoms with Gasteiger partial charge in [0.25, 0.3) is 5.56 Å². The van der Waals surface area contributed by atoms with E-state index in [0.717, 1.165) is 34.3 Å². The third-order valence-electron chi connectivity index (χ3n) is 4.48. The molecule has 0 unspecified atom stereocenters. The lowest BCUT2D eigenvalue weighted by atomic mass is 9.97. The number of aromatic nitrogens is 4. The number of pyridine rings is 1. The summed E-state index contributed by atoms with van der Waals surface area (Å²) >= 11 is 0. The van der Waals surface area contributed by atoms with Crippen LogP contribution in [0.2, 0.25) is 0 Å². The van der Waals surface area contributed by atoms with E-state index in [1.807, 2.05) is 36.4 Å². The van der Waals surface area contributed by atoms with Crippen molar-refractivity contribution in [2.45, 2.75) is 20.3 Å². The molecule has 0 amide bonds. The molecule has 5 nitrogen and oxygen atoms in total. The van der Waals surface area contributed by atoms with Crippen molar-refractivity contribution in [2.75, 3.05) is 0 Å². The van der Waals surface area contributed by atoms with E-state index in [2.05, 4.69) is 40.1 Å². The van der Waals surface area contributed by atoms with Crippen LogP contribution in [0.25, 0.3) is 33.4 Å². The zero-order valence-corrected chi connectivity index (χ0v) is 14.8. The second-order valence-electron chi connectivity index (χ2n) is 6.85. The van der Waals surface area contributed by atoms with Gasteiger partial charge in [-0.25, -0.2) is 5.10 Å².